The quantitative estimate of drug-likeness (QED) is 0.889. The molecule has 1 atom stereocenters. The molecule has 0 saturated carbocycles. The molecule has 0 spiro atoms. The van der Waals surface area contributed by atoms with Crippen molar-refractivity contribution in [3.8, 4) is 0 Å². The summed E-state index contributed by atoms with van der Waals surface area (Å²) in [6.45, 7) is 7.29. The highest BCUT2D eigenvalue weighted by Gasteiger charge is 2.23. The van der Waals surface area contributed by atoms with E-state index >= 15 is 0 Å². The lowest BCUT2D eigenvalue weighted by Crippen LogP contribution is -2.43. The largest absolute Gasteiger partial charge is 0.366 e. The summed E-state index contributed by atoms with van der Waals surface area (Å²) in [6.07, 6.45) is 3.43. The molecule has 1 aliphatic rings. The lowest BCUT2D eigenvalue weighted by atomic mass is 9.88. The van der Waals surface area contributed by atoms with Gasteiger partial charge in [0.05, 0.1) is 0 Å². The van der Waals surface area contributed by atoms with Gasteiger partial charge in [-0.2, -0.15) is 0 Å². The number of likely N-dealkylation sites (N-methyl/N-ethyl adjacent to an activating group) is 1. The Morgan fingerprint density at radius 3 is 2.63 bits per heavy atom. The molecule has 19 heavy (non-hydrogen) atoms. The van der Waals surface area contributed by atoms with E-state index in [9.17, 15) is 4.79 Å². The van der Waals surface area contributed by atoms with E-state index in [0.29, 0.717) is 12.5 Å². The van der Waals surface area contributed by atoms with Gasteiger partial charge in [-0.05, 0) is 23.5 Å². The van der Waals surface area contributed by atoms with Crippen LogP contribution in [0.3, 0.4) is 0 Å². The number of nitrogens with one attached hydrogen (secondary N) is 1. The summed E-state index contributed by atoms with van der Waals surface area (Å²) >= 11 is 0. The molecule has 0 radical (unpaired) electrons. The number of anilines is 1. The Kier molecular flexibility index (Phi) is 3.78. The highest BCUT2D eigenvalue weighted by atomic mass is 16.2. The Labute approximate surface area is 115 Å². The molecule has 4 nitrogen and oxygen atoms in total. The van der Waals surface area contributed by atoms with Crippen molar-refractivity contribution in [3.63, 3.8) is 0 Å². The molecular weight excluding hydrogens is 238 g/mol. The van der Waals surface area contributed by atoms with E-state index in [4.69, 9.17) is 0 Å². The van der Waals surface area contributed by atoms with Crippen molar-refractivity contribution in [1.82, 2.24) is 9.88 Å². The van der Waals surface area contributed by atoms with Crippen LogP contribution < -0.4 is 5.32 Å². The monoisotopic (exact) mass is 261 g/mol. The van der Waals surface area contributed by atoms with Crippen molar-refractivity contribution in [1.29, 1.82) is 0 Å². The van der Waals surface area contributed by atoms with E-state index in [1.165, 1.54) is 5.56 Å². The fraction of sp³-hybridized carbons (Fsp3) is 0.600. The number of pyridine rings is 1. The molecule has 1 amide bonds. The predicted molar refractivity (Wildman–Crippen MR) is 77.2 cm³/mol. The molecule has 4 heteroatoms. The molecule has 1 aromatic rings. The number of rotatable bonds is 2. The molecule has 1 fully saturated rings. The average Bonchev–Trinajstić information content (AvgIpc) is 2.33. The average molecular weight is 261 g/mol. The summed E-state index contributed by atoms with van der Waals surface area (Å²) in [7, 11) is 1.85. The first-order valence-corrected chi connectivity index (χ1v) is 6.83. The van der Waals surface area contributed by atoms with E-state index in [-0.39, 0.29) is 11.3 Å². The van der Waals surface area contributed by atoms with Crippen LogP contribution in [0.2, 0.25) is 0 Å². The normalized spacial score (nSPS) is 20.5. The standard InChI is InChI=1S/C15H23N3O/c1-15(2,3)11-5-7-13(16-9-11)17-12-6-8-14(19)18(4)10-12/h5,7,9,12H,6,8,10H2,1-4H3,(H,16,17). The third-order valence-electron chi connectivity index (χ3n) is 3.61. The highest BCUT2D eigenvalue weighted by molar-refractivity contribution is 5.77. The van der Waals surface area contributed by atoms with Crippen LogP contribution in [-0.4, -0.2) is 35.4 Å². The molecule has 0 aliphatic carbocycles. The van der Waals surface area contributed by atoms with Crippen LogP contribution in [-0.2, 0) is 10.2 Å². The number of likely N-dealkylation sites (tertiary alicyclic amines) is 1. The second-order valence-electron chi connectivity index (χ2n) is 6.34. The Balaban J connectivity index is 1.98. The topological polar surface area (TPSA) is 45.2 Å². The number of hydrogen-bond acceptors (Lipinski definition) is 3. The van der Waals surface area contributed by atoms with Gasteiger partial charge in [0.1, 0.15) is 5.82 Å². The highest BCUT2D eigenvalue weighted by Crippen LogP contribution is 2.22. The third kappa shape index (κ3) is 3.46. The fourth-order valence-corrected chi connectivity index (χ4v) is 2.26. The van der Waals surface area contributed by atoms with Crippen LogP contribution in [0.25, 0.3) is 0 Å². The van der Waals surface area contributed by atoms with Gasteiger partial charge in [-0.3, -0.25) is 4.79 Å². The molecule has 1 N–H and O–H groups in total. The number of carbonyl (C=O) groups excluding carboxylic acids is 1. The van der Waals surface area contributed by atoms with E-state index in [1.54, 1.807) is 4.90 Å². The minimum atomic E-state index is 0.128. The summed E-state index contributed by atoms with van der Waals surface area (Å²) in [5.74, 6) is 1.12. The van der Waals surface area contributed by atoms with Gasteiger partial charge < -0.3 is 10.2 Å². The van der Waals surface area contributed by atoms with E-state index in [0.717, 1.165) is 18.8 Å². The Morgan fingerprint density at radius 2 is 2.11 bits per heavy atom. The number of piperidine rings is 1. The van der Waals surface area contributed by atoms with Crippen molar-refractivity contribution in [2.75, 3.05) is 18.9 Å². The lowest BCUT2D eigenvalue weighted by Gasteiger charge is -2.30. The van der Waals surface area contributed by atoms with Crippen molar-refractivity contribution in [2.24, 2.45) is 0 Å². The summed E-state index contributed by atoms with van der Waals surface area (Å²) < 4.78 is 0. The molecule has 1 saturated heterocycles. The first-order chi connectivity index (χ1) is 8.86. The van der Waals surface area contributed by atoms with Gasteiger partial charge in [-0.15, -0.1) is 0 Å². The maximum Gasteiger partial charge on any atom is 0.222 e. The van der Waals surface area contributed by atoms with Crippen molar-refractivity contribution in [2.45, 2.75) is 45.1 Å². The SMILES string of the molecule is CN1CC(Nc2ccc(C(C)(C)C)cn2)CCC1=O. The Bertz CT molecular complexity index is 447. The van der Waals surface area contributed by atoms with Gasteiger partial charge >= 0.3 is 0 Å². The smallest absolute Gasteiger partial charge is 0.222 e. The zero-order chi connectivity index (χ0) is 14.0. The van der Waals surface area contributed by atoms with Crippen LogP contribution in [0, 0.1) is 0 Å². The van der Waals surface area contributed by atoms with Crippen LogP contribution in [0.5, 0.6) is 0 Å². The summed E-state index contributed by atoms with van der Waals surface area (Å²) in [4.78, 5) is 17.7. The molecule has 1 aromatic heterocycles. The van der Waals surface area contributed by atoms with Crippen molar-refractivity contribution < 1.29 is 4.79 Å². The lowest BCUT2D eigenvalue weighted by molar-refractivity contribution is -0.132. The fourth-order valence-electron chi connectivity index (χ4n) is 2.26. The molecule has 0 aromatic carbocycles. The molecule has 0 bridgehead atoms. The maximum atomic E-state index is 11.4. The second kappa shape index (κ2) is 5.19. The van der Waals surface area contributed by atoms with Gasteiger partial charge in [0.25, 0.3) is 0 Å². The van der Waals surface area contributed by atoms with Crippen LogP contribution in [0.15, 0.2) is 18.3 Å². The number of aromatic nitrogens is 1. The number of nitrogens with zero attached hydrogens (tertiary/aromatic N) is 2. The van der Waals surface area contributed by atoms with Crippen LogP contribution in [0.4, 0.5) is 5.82 Å². The van der Waals surface area contributed by atoms with Crippen LogP contribution >= 0.6 is 0 Å². The van der Waals surface area contributed by atoms with Crippen molar-refractivity contribution >= 4 is 11.7 Å². The first-order valence-electron chi connectivity index (χ1n) is 6.83. The van der Waals surface area contributed by atoms with E-state index in [2.05, 4.69) is 37.1 Å². The van der Waals surface area contributed by atoms with E-state index < -0.39 is 0 Å². The van der Waals surface area contributed by atoms with Gasteiger partial charge in [-0.1, -0.05) is 26.8 Å². The summed E-state index contributed by atoms with van der Waals surface area (Å²) in [6, 6.07) is 4.44. The third-order valence-corrected chi connectivity index (χ3v) is 3.61. The van der Waals surface area contributed by atoms with Gasteiger partial charge in [0.15, 0.2) is 0 Å². The molecule has 2 heterocycles. The van der Waals surface area contributed by atoms with Gasteiger partial charge in [0.2, 0.25) is 5.91 Å². The molecule has 1 aliphatic heterocycles. The molecule has 1 unspecified atom stereocenters. The first kappa shape index (κ1) is 13.8. The predicted octanol–water partition coefficient (Wildman–Crippen LogP) is 2.41. The van der Waals surface area contributed by atoms with E-state index in [1.807, 2.05) is 19.3 Å². The van der Waals surface area contributed by atoms with Gasteiger partial charge in [0, 0.05) is 32.3 Å². The number of hydrogen-bond donors (Lipinski definition) is 1. The number of amides is 1. The molecule has 104 valence electrons. The zero-order valence-corrected chi connectivity index (χ0v) is 12.2. The van der Waals surface area contributed by atoms with Crippen LogP contribution in [0.1, 0.15) is 39.2 Å². The molecular formula is C15H23N3O. The molecule has 2 rings (SSSR count). The Hall–Kier alpha value is -1.58. The maximum absolute atomic E-state index is 11.4. The number of carbonyl (C=O) groups is 1. The second-order valence-corrected chi connectivity index (χ2v) is 6.34. The van der Waals surface area contributed by atoms with Gasteiger partial charge in [-0.25, -0.2) is 4.98 Å². The minimum Gasteiger partial charge on any atom is -0.366 e. The zero-order valence-electron chi connectivity index (χ0n) is 12.2. The summed E-state index contributed by atoms with van der Waals surface area (Å²) in [5, 5.41) is 3.41. The minimum absolute atomic E-state index is 0.128. The van der Waals surface area contributed by atoms with Crippen molar-refractivity contribution in [3.05, 3.63) is 23.9 Å². The summed E-state index contributed by atoms with van der Waals surface area (Å²) in [5.41, 5.74) is 1.36. The Morgan fingerprint density at radius 1 is 1.37 bits per heavy atom.